The Morgan fingerprint density at radius 1 is 1.56 bits per heavy atom. The predicted molar refractivity (Wildman–Crippen MR) is 64.3 cm³/mol. The molecule has 0 spiro atoms. The molecule has 2 heterocycles. The number of nitrogens with zero attached hydrogens (tertiary/aromatic N) is 2. The first kappa shape index (κ1) is 11.6. The molecule has 2 unspecified atom stereocenters. The Morgan fingerprint density at radius 3 is 2.94 bits per heavy atom. The molecule has 6 heteroatoms. The van der Waals surface area contributed by atoms with Crippen LogP contribution in [0.5, 0.6) is 0 Å². The van der Waals surface area contributed by atoms with E-state index in [0.717, 1.165) is 25.1 Å². The molecule has 1 aromatic heterocycles. The van der Waals surface area contributed by atoms with E-state index in [-0.39, 0.29) is 23.4 Å². The van der Waals surface area contributed by atoms with E-state index >= 15 is 0 Å². The lowest BCUT2D eigenvalue weighted by Crippen LogP contribution is -2.50. The normalized spacial score (nSPS) is 31.6. The number of hydrogen-bond donors (Lipinski definition) is 2. The zero-order valence-electron chi connectivity index (χ0n) is 10.7. The van der Waals surface area contributed by atoms with E-state index < -0.39 is 0 Å². The number of hydrogen-bond acceptors (Lipinski definition) is 4. The average Bonchev–Trinajstić information content (AvgIpc) is 2.97. The quantitative estimate of drug-likeness (QED) is 0.838. The highest BCUT2D eigenvalue weighted by Gasteiger charge is 2.39. The van der Waals surface area contributed by atoms with Gasteiger partial charge in [0.1, 0.15) is 5.82 Å². The van der Waals surface area contributed by atoms with E-state index in [0.29, 0.717) is 12.5 Å². The van der Waals surface area contributed by atoms with E-state index in [1.54, 1.807) is 0 Å². The van der Waals surface area contributed by atoms with Gasteiger partial charge < -0.3 is 10.1 Å². The highest BCUT2D eigenvalue weighted by molar-refractivity contribution is 5.91. The molecule has 3 rings (SSSR count). The zero-order chi connectivity index (χ0) is 12.8. The molecule has 1 saturated heterocycles. The van der Waals surface area contributed by atoms with Crippen molar-refractivity contribution in [3.63, 3.8) is 0 Å². The van der Waals surface area contributed by atoms with Crippen molar-refractivity contribution in [2.45, 2.75) is 50.7 Å². The first-order valence-corrected chi connectivity index (χ1v) is 6.45. The maximum atomic E-state index is 12.1. The van der Waals surface area contributed by atoms with Crippen LogP contribution in [-0.2, 0) is 4.74 Å². The first-order valence-electron chi connectivity index (χ1n) is 6.45. The van der Waals surface area contributed by atoms with Gasteiger partial charge in [-0.15, -0.1) is 5.10 Å². The number of amides is 1. The summed E-state index contributed by atoms with van der Waals surface area (Å²) in [6.45, 7) is 4.65. The Labute approximate surface area is 106 Å². The van der Waals surface area contributed by atoms with Crippen LogP contribution in [0, 0.1) is 0 Å². The van der Waals surface area contributed by atoms with Crippen molar-refractivity contribution < 1.29 is 9.53 Å². The number of carbonyl (C=O) groups is 1. The fraction of sp³-hybridized carbons (Fsp3) is 0.750. The molecular weight excluding hydrogens is 232 g/mol. The van der Waals surface area contributed by atoms with Crippen LogP contribution in [0.4, 0.5) is 0 Å². The second-order valence-corrected chi connectivity index (χ2v) is 5.45. The van der Waals surface area contributed by atoms with Gasteiger partial charge in [0, 0.05) is 12.5 Å². The third-order valence-electron chi connectivity index (χ3n) is 3.96. The summed E-state index contributed by atoms with van der Waals surface area (Å²) < 4.78 is 5.50. The van der Waals surface area contributed by atoms with Crippen molar-refractivity contribution in [3.05, 3.63) is 11.6 Å². The van der Waals surface area contributed by atoms with Crippen LogP contribution in [0.1, 0.15) is 55.5 Å². The van der Waals surface area contributed by atoms with Crippen molar-refractivity contribution in [1.29, 1.82) is 0 Å². The lowest BCUT2D eigenvalue weighted by atomic mass is 9.94. The summed E-state index contributed by atoms with van der Waals surface area (Å²) in [5.74, 6) is 1.32. The molecule has 18 heavy (non-hydrogen) atoms. The summed E-state index contributed by atoms with van der Waals surface area (Å²) >= 11 is 0. The van der Waals surface area contributed by atoms with Gasteiger partial charge in [-0.2, -0.15) is 0 Å². The SMILES string of the molecule is CC1OCCC1(C)NC(=O)c1n[nH]c(C2CC2)n1. The molecule has 2 aliphatic rings. The summed E-state index contributed by atoms with van der Waals surface area (Å²) in [5, 5.41) is 9.82. The predicted octanol–water partition coefficient (Wildman–Crippen LogP) is 0.979. The minimum absolute atomic E-state index is 0.0169. The van der Waals surface area contributed by atoms with Gasteiger partial charge in [-0.05, 0) is 33.1 Å². The Bertz CT molecular complexity index is 468. The van der Waals surface area contributed by atoms with Crippen molar-refractivity contribution in [2.75, 3.05) is 6.61 Å². The molecule has 2 atom stereocenters. The molecule has 0 aromatic carbocycles. The van der Waals surface area contributed by atoms with Gasteiger partial charge in [0.2, 0.25) is 5.82 Å². The second-order valence-electron chi connectivity index (χ2n) is 5.45. The van der Waals surface area contributed by atoms with Crippen LogP contribution in [0.2, 0.25) is 0 Å². The minimum atomic E-state index is -0.322. The maximum absolute atomic E-state index is 12.1. The summed E-state index contributed by atoms with van der Waals surface area (Å²) in [4.78, 5) is 16.3. The van der Waals surface area contributed by atoms with Gasteiger partial charge in [-0.1, -0.05) is 0 Å². The van der Waals surface area contributed by atoms with Gasteiger partial charge in [0.05, 0.1) is 11.6 Å². The Morgan fingerprint density at radius 2 is 2.33 bits per heavy atom. The largest absolute Gasteiger partial charge is 0.376 e. The summed E-state index contributed by atoms with van der Waals surface area (Å²) in [5.41, 5.74) is -0.322. The number of carbonyl (C=O) groups excluding carboxylic acids is 1. The van der Waals surface area contributed by atoms with Crippen LogP contribution >= 0.6 is 0 Å². The third-order valence-corrected chi connectivity index (χ3v) is 3.96. The molecule has 1 aromatic rings. The number of rotatable bonds is 3. The molecule has 0 bridgehead atoms. The summed E-state index contributed by atoms with van der Waals surface area (Å²) in [6.07, 6.45) is 3.11. The Kier molecular flexibility index (Phi) is 2.62. The molecule has 6 nitrogen and oxygen atoms in total. The van der Waals surface area contributed by atoms with Crippen LogP contribution in [0.25, 0.3) is 0 Å². The van der Waals surface area contributed by atoms with Crippen molar-refractivity contribution in [3.8, 4) is 0 Å². The molecular formula is C12H18N4O2. The fourth-order valence-electron chi connectivity index (χ4n) is 2.23. The minimum Gasteiger partial charge on any atom is -0.376 e. The van der Waals surface area contributed by atoms with Crippen LogP contribution in [0.15, 0.2) is 0 Å². The van der Waals surface area contributed by atoms with E-state index in [1.165, 1.54) is 0 Å². The van der Waals surface area contributed by atoms with Crippen molar-refractivity contribution in [1.82, 2.24) is 20.5 Å². The number of nitrogens with one attached hydrogen (secondary N) is 2. The van der Waals surface area contributed by atoms with E-state index in [4.69, 9.17) is 4.74 Å². The molecule has 1 aliphatic carbocycles. The number of H-pyrrole nitrogens is 1. The third kappa shape index (κ3) is 2.01. The molecule has 2 fully saturated rings. The first-order chi connectivity index (χ1) is 8.58. The molecule has 1 amide bonds. The van der Waals surface area contributed by atoms with Crippen LogP contribution in [-0.4, -0.2) is 39.3 Å². The number of ether oxygens (including phenoxy) is 1. The highest BCUT2D eigenvalue weighted by Crippen LogP contribution is 2.37. The fourth-order valence-corrected chi connectivity index (χ4v) is 2.23. The molecule has 1 saturated carbocycles. The topological polar surface area (TPSA) is 79.9 Å². The lowest BCUT2D eigenvalue weighted by Gasteiger charge is -2.28. The second kappa shape index (κ2) is 4.05. The van der Waals surface area contributed by atoms with Gasteiger partial charge in [-0.3, -0.25) is 9.89 Å². The highest BCUT2D eigenvalue weighted by atomic mass is 16.5. The van der Waals surface area contributed by atoms with E-state index in [1.807, 2.05) is 13.8 Å². The van der Waals surface area contributed by atoms with Gasteiger partial charge in [0.15, 0.2) is 0 Å². The smallest absolute Gasteiger partial charge is 0.291 e. The standard InChI is InChI=1S/C12H18N4O2/c1-7-12(2,5-6-18-7)14-11(17)10-13-9(15-16-10)8-3-4-8/h7-8H,3-6H2,1-2H3,(H,14,17)(H,13,15,16). The van der Waals surface area contributed by atoms with E-state index in [2.05, 4.69) is 20.5 Å². The number of aromatic nitrogens is 3. The number of aromatic amines is 1. The van der Waals surface area contributed by atoms with Crippen LogP contribution in [0.3, 0.4) is 0 Å². The van der Waals surface area contributed by atoms with Gasteiger partial charge >= 0.3 is 0 Å². The van der Waals surface area contributed by atoms with Gasteiger partial charge in [-0.25, -0.2) is 4.98 Å². The van der Waals surface area contributed by atoms with Crippen molar-refractivity contribution in [2.24, 2.45) is 0 Å². The van der Waals surface area contributed by atoms with Crippen molar-refractivity contribution >= 4 is 5.91 Å². The molecule has 98 valence electrons. The zero-order valence-corrected chi connectivity index (χ0v) is 10.7. The Balaban J connectivity index is 1.70. The maximum Gasteiger partial charge on any atom is 0.291 e. The van der Waals surface area contributed by atoms with E-state index in [9.17, 15) is 4.79 Å². The van der Waals surface area contributed by atoms with Crippen LogP contribution < -0.4 is 5.32 Å². The molecule has 0 radical (unpaired) electrons. The summed E-state index contributed by atoms with van der Waals surface area (Å²) in [6, 6.07) is 0. The summed E-state index contributed by atoms with van der Waals surface area (Å²) in [7, 11) is 0. The average molecular weight is 250 g/mol. The monoisotopic (exact) mass is 250 g/mol. The molecule has 1 aliphatic heterocycles. The lowest BCUT2D eigenvalue weighted by molar-refractivity contribution is 0.0720. The Hall–Kier alpha value is -1.43. The molecule has 2 N–H and O–H groups in total. The van der Waals surface area contributed by atoms with Gasteiger partial charge in [0.25, 0.3) is 5.91 Å².